The van der Waals surface area contributed by atoms with Crippen molar-refractivity contribution in [2.24, 2.45) is 10.8 Å². The Labute approximate surface area is 152 Å². The third-order valence-corrected chi connectivity index (χ3v) is 10.1. The zero-order valence-electron chi connectivity index (χ0n) is 14.9. The van der Waals surface area contributed by atoms with Crippen LogP contribution in [0.2, 0.25) is 0 Å². The molecule has 0 fully saturated rings. The number of rotatable bonds is 0. The van der Waals surface area contributed by atoms with Crippen LogP contribution in [0.15, 0.2) is 34.8 Å². The molecule has 0 aliphatic carbocycles. The van der Waals surface area contributed by atoms with Gasteiger partial charge in [-0.3, -0.25) is 0 Å². The van der Waals surface area contributed by atoms with Crippen LogP contribution < -0.4 is 7.93 Å². The van der Waals surface area contributed by atoms with E-state index in [1.165, 1.54) is 13.5 Å². The topological polar surface area (TPSA) is 32.9 Å². The number of aromatic amines is 1. The molecule has 0 unspecified atom stereocenters. The van der Waals surface area contributed by atoms with E-state index in [-0.39, 0.29) is 16.4 Å². The number of fused-ring (bicyclic) bond motifs is 2. The molecule has 0 saturated heterocycles. The van der Waals surface area contributed by atoms with Crippen molar-refractivity contribution in [3.8, 4) is 0 Å². The van der Waals surface area contributed by atoms with Gasteiger partial charge in [0, 0.05) is 0 Å². The van der Waals surface area contributed by atoms with Crippen LogP contribution in [-0.4, -0.2) is 7.28 Å². The molecular weight excluding hydrogens is 359 g/mol. The van der Waals surface area contributed by atoms with Crippen molar-refractivity contribution in [2.45, 2.75) is 41.5 Å². The summed E-state index contributed by atoms with van der Waals surface area (Å²) < 4.78 is 3.20. The molecule has 1 aliphatic heterocycles. The van der Waals surface area contributed by atoms with Crippen molar-refractivity contribution in [2.75, 3.05) is 0 Å². The molecule has 3 rings (SSSR count). The molecule has 0 atom stereocenters. The molecule has 1 aromatic heterocycles. The Balaban J connectivity index is 2.34. The van der Waals surface area contributed by atoms with Crippen molar-refractivity contribution in [1.82, 2.24) is 4.98 Å². The number of pyridine rings is 1. The van der Waals surface area contributed by atoms with E-state index in [0.29, 0.717) is 0 Å². The molecule has 1 N–H and O–H groups in total. The first-order valence-corrected chi connectivity index (χ1v) is 11.0. The van der Waals surface area contributed by atoms with Gasteiger partial charge in [0.25, 0.3) is 0 Å². The fourth-order valence-corrected chi connectivity index (χ4v) is 8.17. The Morgan fingerprint density at radius 1 is 1.00 bits per heavy atom. The monoisotopic (exact) mass is 383 g/mol. The first-order valence-electron chi connectivity index (χ1n) is 8.17. The second-order valence-electron chi connectivity index (χ2n) is 8.49. The molecule has 0 radical (unpaired) electrons. The zero-order valence-corrected chi connectivity index (χ0v) is 17.7. The molecule has 1 aliphatic rings. The van der Waals surface area contributed by atoms with Crippen LogP contribution >= 0.6 is 0 Å². The summed E-state index contributed by atoms with van der Waals surface area (Å²) in [6.07, 6.45) is 4.09. The number of allylic oxidation sites excluding steroid dienone is 1. The molecule has 2 aromatic rings. The van der Waals surface area contributed by atoms with Crippen molar-refractivity contribution in [3.05, 3.63) is 45.9 Å². The summed E-state index contributed by atoms with van der Waals surface area (Å²) >= 11 is -1.07. The second kappa shape index (κ2) is 5.60. The predicted octanol–water partition coefficient (Wildman–Crippen LogP) is 3.90. The predicted molar refractivity (Wildman–Crippen MR) is 96.1 cm³/mol. The molecule has 2 nitrogen and oxygen atoms in total. The van der Waals surface area contributed by atoms with Crippen molar-refractivity contribution in [3.63, 3.8) is 0 Å². The minimum absolute atomic E-state index is 0.00871. The van der Waals surface area contributed by atoms with Gasteiger partial charge in [0.15, 0.2) is 0 Å². The number of benzene rings is 1. The number of hydrogen-bond acceptors (Lipinski definition) is 1. The summed E-state index contributed by atoms with van der Waals surface area (Å²) in [7, 11) is 0. The summed E-state index contributed by atoms with van der Waals surface area (Å²) in [6.45, 7) is 13.9. The molecule has 1 aromatic carbocycles. The summed E-state index contributed by atoms with van der Waals surface area (Å²) in [5.41, 5.74) is 3.14. The van der Waals surface area contributed by atoms with Gasteiger partial charge in [0.05, 0.1) is 0 Å². The van der Waals surface area contributed by atoms with Gasteiger partial charge < -0.3 is 0 Å². The normalized spacial score (nSPS) is 14.9. The number of H-pyrrole nitrogens is 1. The number of nitrogens with one attached hydrogen (secondary N) is 1. The average molecular weight is 383 g/mol. The Morgan fingerprint density at radius 2 is 1.70 bits per heavy atom. The molecule has 0 bridgehead atoms. The second-order valence-corrected chi connectivity index (χ2v) is 12.1. The third-order valence-electron chi connectivity index (χ3n) is 4.48. The van der Waals surface area contributed by atoms with Crippen LogP contribution in [0.3, 0.4) is 0 Å². The van der Waals surface area contributed by atoms with Crippen LogP contribution in [0, 0.1) is 10.8 Å². The van der Waals surface area contributed by atoms with E-state index in [1.54, 1.807) is 8.50 Å². The molecular formula is C20H24NOY. The fourth-order valence-electron chi connectivity index (χ4n) is 3.23. The van der Waals surface area contributed by atoms with Crippen LogP contribution in [-0.2, 0) is 28.7 Å². The Bertz CT molecular complexity index is 902. The maximum atomic E-state index is 12.1. The van der Waals surface area contributed by atoms with Gasteiger partial charge in [-0.2, -0.15) is 0 Å². The van der Waals surface area contributed by atoms with Crippen molar-refractivity contribution >= 4 is 21.5 Å². The summed E-state index contributed by atoms with van der Waals surface area (Å²) in [5.74, 6) is 0. The number of hydrogen-bond donors (Lipinski definition) is 1. The van der Waals surface area contributed by atoms with Gasteiger partial charge in [0.1, 0.15) is 0 Å². The average Bonchev–Trinajstić information content (AvgIpc) is 2.42. The van der Waals surface area contributed by atoms with E-state index < -0.39 is 28.7 Å². The van der Waals surface area contributed by atoms with Gasteiger partial charge in [0.2, 0.25) is 0 Å². The Morgan fingerprint density at radius 3 is 2.30 bits per heavy atom. The molecule has 0 saturated carbocycles. The van der Waals surface area contributed by atoms with E-state index in [2.05, 4.69) is 64.7 Å². The van der Waals surface area contributed by atoms with Gasteiger partial charge in [-0.25, -0.2) is 0 Å². The fraction of sp³-hybridized carbons (Fsp3) is 0.400. The summed E-state index contributed by atoms with van der Waals surface area (Å²) in [4.78, 5) is 14.9. The molecule has 0 amide bonds. The standard InChI is InChI=1S/C20H24NO.Y/c1-19(2,3)13-16(20(4,5)6)11-14-7-8-15-9-10-21-18(22)17(15)12-14;/h8-12H,1-6H3,(H,21,22);. The van der Waals surface area contributed by atoms with Crippen molar-refractivity contribution in [1.29, 1.82) is 0 Å². The van der Waals surface area contributed by atoms with Gasteiger partial charge in [-0.15, -0.1) is 0 Å². The zero-order chi connectivity index (χ0) is 17.0. The quantitative estimate of drug-likeness (QED) is 0.736. The van der Waals surface area contributed by atoms with Crippen LogP contribution in [0.1, 0.15) is 47.1 Å². The molecule has 0 spiro atoms. The van der Waals surface area contributed by atoms with E-state index >= 15 is 0 Å². The maximum absolute atomic E-state index is 12.1. The van der Waals surface area contributed by atoms with Crippen LogP contribution in [0.5, 0.6) is 0 Å². The van der Waals surface area contributed by atoms with Gasteiger partial charge in [-0.05, 0) is 0 Å². The van der Waals surface area contributed by atoms with E-state index in [0.717, 1.165) is 10.8 Å². The molecule has 2 heterocycles. The third kappa shape index (κ3) is 3.21. The summed E-state index contributed by atoms with van der Waals surface area (Å²) in [6, 6.07) is 6.38. The van der Waals surface area contributed by atoms with Crippen LogP contribution in [0.25, 0.3) is 16.8 Å². The van der Waals surface area contributed by atoms with E-state index in [4.69, 9.17) is 0 Å². The molecule has 23 heavy (non-hydrogen) atoms. The minimum atomic E-state index is -1.07. The van der Waals surface area contributed by atoms with Gasteiger partial charge >= 0.3 is 153 Å². The Hall–Kier alpha value is -0.856. The van der Waals surface area contributed by atoms with E-state index in [1.807, 2.05) is 6.07 Å². The molecule has 118 valence electrons. The van der Waals surface area contributed by atoms with Crippen molar-refractivity contribution < 1.29 is 28.7 Å². The SMILES string of the molecule is CC(C)(C)C1=Cc2cc3c(=O)[nH]ccc3c[c]2[Y]=[C]1C(C)(C)C. The first kappa shape index (κ1) is 17.0. The molecule has 3 heteroatoms. The summed E-state index contributed by atoms with van der Waals surface area (Å²) in [5, 5.41) is 1.87. The van der Waals surface area contributed by atoms with E-state index in [9.17, 15) is 4.79 Å². The van der Waals surface area contributed by atoms with Gasteiger partial charge in [-0.1, -0.05) is 0 Å². The Kier molecular flexibility index (Phi) is 4.13. The first-order chi connectivity index (χ1) is 10.6. The van der Waals surface area contributed by atoms with Crippen LogP contribution in [0.4, 0.5) is 0 Å². The number of aromatic nitrogens is 1.